The van der Waals surface area contributed by atoms with Crippen LogP contribution in [0.5, 0.6) is 0 Å². The fraction of sp³-hybridized carbons (Fsp3) is 0.652. The molecule has 0 saturated carbocycles. The van der Waals surface area contributed by atoms with Gasteiger partial charge in [0.05, 0.1) is 6.10 Å². The first-order chi connectivity index (χ1) is 13.8. The first kappa shape index (κ1) is 26.7. The van der Waals surface area contributed by atoms with Gasteiger partial charge in [0.2, 0.25) is 0 Å². The average molecular weight is 530 g/mol. The summed E-state index contributed by atoms with van der Waals surface area (Å²) in [5.41, 5.74) is 1.95. The summed E-state index contributed by atoms with van der Waals surface area (Å²) in [5.74, 6) is 1.23. The van der Waals surface area contributed by atoms with E-state index in [4.69, 9.17) is 9.73 Å². The number of ether oxygens (including phenoxy) is 1. The van der Waals surface area contributed by atoms with E-state index in [9.17, 15) is 4.79 Å². The Bertz CT molecular complexity index is 688. The summed E-state index contributed by atoms with van der Waals surface area (Å²) < 4.78 is 6.08. The first-order valence-electron chi connectivity index (χ1n) is 10.8. The van der Waals surface area contributed by atoms with Crippen molar-refractivity contribution >= 4 is 35.8 Å². The van der Waals surface area contributed by atoms with Gasteiger partial charge in [0.1, 0.15) is 0 Å². The zero-order valence-electron chi connectivity index (χ0n) is 19.1. The van der Waals surface area contributed by atoms with Crippen LogP contribution in [0.2, 0.25) is 0 Å². The van der Waals surface area contributed by atoms with Crippen LogP contribution in [-0.2, 0) is 11.2 Å². The lowest BCUT2D eigenvalue weighted by molar-refractivity contribution is -0.0823. The van der Waals surface area contributed by atoms with Crippen molar-refractivity contribution in [2.24, 2.45) is 16.3 Å². The van der Waals surface area contributed by atoms with Crippen LogP contribution in [0.1, 0.15) is 56.5 Å². The molecule has 2 rings (SSSR count). The van der Waals surface area contributed by atoms with Gasteiger partial charge < -0.3 is 20.7 Å². The monoisotopic (exact) mass is 530 g/mol. The van der Waals surface area contributed by atoms with Crippen LogP contribution < -0.4 is 16.0 Å². The number of halogens is 1. The van der Waals surface area contributed by atoms with E-state index in [-0.39, 0.29) is 41.4 Å². The first-order valence-corrected chi connectivity index (χ1v) is 10.8. The van der Waals surface area contributed by atoms with Gasteiger partial charge >= 0.3 is 0 Å². The number of carbonyl (C=O) groups excluding carboxylic acids is 1. The molecule has 3 N–H and O–H groups in total. The number of nitrogens with zero attached hydrogens (tertiary/aromatic N) is 1. The van der Waals surface area contributed by atoms with E-state index < -0.39 is 0 Å². The van der Waals surface area contributed by atoms with Crippen LogP contribution in [0.4, 0.5) is 0 Å². The second-order valence-electron chi connectivity index (χ2n) is 8.74. The maximum absolute atomic E-state index is 11.8. The quantitative estimate of drug-likeness (QED) is 0.286. The van der Waals surface area contributed by atoms with Gasteiger partial charge in [0.15, 0.2) is 5.96 Å². The van der Waals surface area contributed by atoms with Gasteiger partial charge in [-0.2, -0.15) is 0 Å². The molecule has 0 bridgehead atoms. The summed E-state index contributed by atoms with van der Waals surface area (Å²) in [6.45, 7) is 12.0. The molecule has 1 amide bonds. The third-order valence-electron chi connectivity index (χ3n) is 5.25. The van der Waals surface area contributed by atoms with E-state index in [2.05, 4.69) is 43.6 Å². The molecule has 1 aromatic carbocycles. The van der Waals surface area contributed by atoms with Crippen LogP contribution in [0, 0.1) is 11.3 Å². The number of carbonyl (C=O) groups is 1. The maximum atomic E-state index is 11.8. The van der Waals surface area contributed by atoms with Crippen LogP contribution in [-0.4, -0.2) is 51.3 Å². The summed E-state index contributed by atoms with van der Waals surface area (Å²) in [6, 6.07) is 7.75. The predicted octanol–water partition coefficient (Wildman–Crippen LogP) is 3.60. The lowest BCUT2D eigenvalue weighted by atomic mass is 9.78. The van der Waals surface area contributed by atoms with Gasteiger partial charge in [0.25, 0.3) is 5.91 Å². The minimum atomic E-state index is -0.0576. The third kappa shape index (κ3) is 8.41. The lowest BCUT2D eigenvalue weighted by Crippen LogP contribution is -2.43. The molecule has 30 heavy (non-hydrogen) atoms. The second kappa shape index (κ2) is 13.1. The highest BCUT2D eigenvalue weighted by Gasteiger charge is 2.35. The molecular formula is C23H39IN4O2. The highest BCUT2D eigenvalue weighted by Crippen LogP contribution is 2.34. The number of guanidine groups is 1. The lowest BCUT2D eigenvalue weighted by Gasteiger charge is -2.39. The van der Waals surface area contributed by atoms with Gasteiger partial charge in [-0.05, 0) is 49.3 Å². The van der Waals surface area contributed by atoms with Crippen molar-refractivity contribution in [3.8, 4) is 0 Å². The molecular weight excluding hydrogens is 491 g/mol. The number of rotatable bonds is 7. The summed E-state index contributed by atoms with van der Waals surface area (Å²) >= 11 is 0. The average Bonchev–Trinajstić information content (AvgIpc) is 2.71. The molecule has 2 atom stereocenters. The fourth-order valence-corrected chi connectivity index (χ4v) is 3.88. The zero-order valence-corrected chi connectivity index (χ0v) is 21.4. The molecule has 1 fully saturated rings. The largest absolute Gasteiger partial charge is 0.377 e. The molecule has 0 radical (unpaired) electrons. The van der Waals surface area contributed by atoms with Crippen molar-refractivity contribution < 1.29 is 9.53 Å². The molecule has 0 aromatic heterocycles. The van der Waals surface area contributed by atoms with E-state index in [0.29, 0.717) is 11.5 Å². The van der Waals surface area contributed by atoms with Crippen molar-refractivity contribution in [2.45, 2.75) is 53.1 Å². The Morgan fingerprint density at radius 3 is 2.70 bits per heavy atom. The third-order valence-corrected chi connectivity index (χ3v) is 5.25. The number of benzene rings is 1. The van der Waals surface area contributed by atoms with E-state index in [0.717, 1.165) is 57.0 Å². The Morgan fingerprint density at radius 2 is 2.03 bits per heavy atom. The smallest absolute Gasteiger partial charge is 0.251 e. The standard InChI is InChI=1S/C23H38N4O2.HI/c1-6-25-22(27-16-19-11-8-14-29-20(19)23(2,3)4)26-13-12-17-9-7-10-18(15-17)21(28)24-5;/h7,9-10,15,19-20H,6,8,11-14,16H2,1-5H3,(H,24,28)(H2,25,26,27);1H. The SMILES string of the molecule is CCNC(=NCC1CCCOC1C(C)(C)C)NCCc1cccc(C(=O)NC)c1.I. The molecule has 1 aromatic rings. The van der Waals surface area contributed by atoms with Crippen molar-refractivity contribution in [3.05, 3.63) is 35.4 Å². The van der Waals surface area contributed by atoms with E-state index in [1.165, 1.54) is 0 Å². The Labute approximate surface area is 199 Å². The van der Waals surface area contributed by atoms with Crippen molar-refractivity contribution in [2.75, 3.05) is 33.3 Å². The molecule has 1 heterocycles. The minimum Gasteiger partial charge on any atom is -0.377 e. The summed E-state index contributed by atoms with van der Waals surface area (Å²) in [6.07, 6.45) is 3.34. The Morgan fingerprint density at radius 1 is 1.27 bits per heavy atom. The van der Waals surface area contributed by atoms with Gasteiger partial charge in [-0.15, -0.1) is 24.0 Å². The van der Waals surface area contributed by atoms with Crippen LogP contribution in [0.25, 0.3) is 0 Å². The highest BCUT2D eigenvalue weighted by molar-refractivity contribution is 14.0. The van der Waals surface area contributed by atoms with E-state index in [1.54, 1.807) is 7.05 Å². The predicted molar refractivity (Wildman–Crippen MR) is 135 cm³/mol. The van der Waals surface area contributed by atoms with E-state index >= 15 is 0 Å². The van der Waals surface area contributed by atoms with Gasteiger partial charge in [0, 0.05) is 44.8 Å². The molecule has 0 aliphatic carbocycles. The molecule has 1 aliphatic rings. The molecule has 2 unspecified atom stereocenters. The van der Waals surface area contributed by atoms with Crippen molar-refractivity contribution in [1.29, 1.82) is 0 Å². The normalized spacial score (nSPS) is 19.6. The van der Waals surface area contributed by atoms with Crippen molar-refractivity contribution in [1.82, 2.24) is 16.0 Å². The summed E-state index contributed by atoms with van der Waals surface area (Å²) in [4.78, 5) is 16.6. The molecule has 0 spiro atoms. The highest BCUT2D eigenvalue weighted by atomic mass is 127. The van der Waals surface area contributed by atoms with Crippen LogP contribution in [0.3, 0.4) is 0 Å². The Kier molecular flexibility index (Phi) is 11.7. The van der Waals surface area contributed by atoms with Gasteiger partial charge in [-0.3, -0.25) is 9.79 Å². The second-order valence-corrected chi connectivity index (χ2v) is 8.74. The number of aliphatic imine (C=N–C) groups is 1. The Balaban J connectivity index is 0.00000450. The molecule has 1 saturated heterocycles. The van der Waals surface area contributed by atoms with Crippen molar-refractivity contribution in [3.63, 3.8) is 0 Å². The maximum Gasteiger partial charge on any atom is 0.251 e. The molecule has 170 valence electrons. The molecule has 6 nitrogen and oxygen atoms in total. The number of hydrogen-bond donors (Lipinski definition) is 3. The minimum absolute atomic E-state index is 0. The van der Waals surface area contributed by atoms with Crippen LogP contribution in [0.15, 0.2) is 29.3 Å². The molecule has 7 heteroatoms. The summed E-state index contributed by atoms with van der Waals surface area (Å²) in [5, 5.41) is 9.42. The van der Waals surface area contributed by atoms with Crippen LogP contribution >= 0.6 is 24.0 Å². The number of hydrogen-bond acceptors (Lipinski definition) is 3. The van der Waals surface area contributed by atoms with Gasteiger partial charge in [-0.25, -0.2) is 0 Å². The summed E-state index contributed by atoms with van der Waals surface area (Å²) in [7, 11) is 1.65. The fourth-order valence-electron chi connectivity index (χ4n) is 3.88. The topological polar surface area (TPSA) is 74.8 Å². The zero-order chi connectivity index (χ0) is 21.3. The van der Waals surface area contributed by atoms with E-state index in [1.807, 2.05) is 24.3 Å². The number of nitrogens with one attached hydrogen (secondary N) is 3. The van der Waals surface area contributed by atoms with Gasteiger partial charge in [-0.1, -0.05) is 32.9 Å². The number of amides is 1. The molecule has 1 aliphatic heterocycles. The Hall–Kier alpha value is -1.35.